The molecule has 0 bridgehead atoms. The van der Waals surface area contributed by atoms with Crippen molar-refractivity contribution in [1.82, 2.24) is 10.2 Å². The Morgan fingerprint density at radius 3 is 2.67 bits per heavy atom. The molecule has 3 rings (SSSR count). The predicted molar refractivity (Wildman–Crippen MR) is 111 cm³/mol. The van der Waals surface area contributed by atoms with Crippen LogP contribution >= 0.6 is 0 Å². The third-order valence-electron chi connectivity index (χ3n) is 4.96. The Labute approximate surface area is 176 Å². The number of morpholine rings is 1. The summed E-state index contributed by atoms with van der Waals surface area (Å²) in [7, 11) is 0. The Morgan fingerprint density at radius 2 is 1.97 bits per heavy atom. The van der Waals surface area contributed by atoms with Crippen molar-refractivity contribution >= 4 is 11.8 Å². The van der Waals surface area contributed by atoms with Gasteiger partial charge in [-0.1, -0.05) is 35.9 Å². The van der Waals surface area contributed by atoms with E-state index in [1.54, 1.807) is 23.1 Å². The smallest absolute Gasteiger partial charge is 0.245 e. The van der Waals surface area contributed by atoms with Gasteiger partial charge in [-0.2, -0.15) is 0 Å². The molecule has 2 aromatic carbocycles. The van der Waals surface area contributed by atoms with Crippen molar-refractivity contribution in [2.24, 2.45) is 0 Å². The molecule has 30 heavy (non-hydrogen) atoms. The normalized spacial score (nSPS) is 17.3. The summed E-state index contributed by atoms with van der Waals surface area (Å²) in [5.41, 5.74) is 1.53. The van der Waals surface area contributed by atoms with Crippen LogP contribution in [0.25, 0.3) is 0 Å². The van der Waals surface area contributed by atoms with Gasteiger partial charge >= 0.3 is 0 Å². The first-order chi connectivity index (χ1) is 14.4. The highest BCUT2D eigenvalue weighted by Crippen LogP contribution is 2.16. The molecule has 0 saturated carbocycles. The lowest BCUT2D eigenvalue weighted by atomic mass is 10.0. The Kier molecular flexibility index (Phi) is 7.41. The van der Waals surface area contributed by atoms with Gasteiger partial charge in [-0.15, -0.1) is 0 Å². The first kappa shape index (κ1) is 21.8. The minimum atomic E-state index is -0.837. The third kappa shape index (κ3) is 6.03. The van der Waals surface area contributed by atoms with E-state index in [9.17, 15) is 14.0 Å². The van der Waals surface area contributed by atoms with Crippen LogP contribution in [0.2, 0.25) is 0 Å². The number of nitrogens with zero attached hydrogens (tertiary/aromatic N) is 1. The second-order valence-electron chi connectivity index (χ2n) is 7.45. The molecule has 1 fully saturated rings. The molecule has 2 atom stereocenters. The van der Waals surface area contributed by atoms with Gasteiger partial charge in [0.2, 0.25) is 11.8 Å². The molecule has 2 aromatic rings. The lowest BCUT2D eigenvalue weighted by Crippen LogP contribution is -2.55. The molecule has 6 nitrogen and oxygen atoms in total. The van der Waals surface area contributed by atoms with Crippen molar-refractivity contribution in [1.29, 1.82) is 0 Å². The van der Waals surface area contributed by atoms with Gasteiger partial charge in [0, 0.05) is 19.9 Å². The molecule has 0 radical (unpaired) electrons. The molecular formula is C23H27FN2O4. The molecule has 7 heteroatoms. The van der Waals surface area contributed by atoms with Gasteiger partial charge in [0.15, 0.2) is 0 Å². The summed E-state index contributed by atoms with van der Waals surface area (Å²) in [6.45, 7) is 4.79. The lowest BCUT2D eigenvalue weighted by Gasteiger charge is -2.35. The van der Waals surface area contributed by atoms with E-state index in [2.05, 4.69) is 5.32 Å². The zero-order chi connectivity index (χ0) is 21.5. The first-order valence-electron chi connectivity index (χ1n) is 10.0. The highest BCUT2D eigenvalue weighted by Gasteiger charge is 2.31. The molecular weight excluding hydrogens is 387 g/mol. The van der Waals surface area contributed by atoms with E-state index in [0.717, 1.165) is 11.3 Å². The van der Waals surface area contributed by atoms with Crippen LogP contribution in [0.4, 0.5) is 4.39 Å². The van der Waals surface area contributed by atoms with Gasteiger partial charge in [-0.25, -0.2) is 4.39 Å². The van der Waals surface area contributed by atoms with Crippen LogP contribution in [0.15, 0.2) is 48.5 Å². The lowest BCUT2D eigenvalue weighted by molar-refractivity contribution is -0.143. The minimum Gasteiger partial charge on any atom is -0.491 e. The number of hydrogen-bond acceptors (Lipinski definition) is 4. The van der Waals surface area contributed by atoms with Gasteiger partial charge in [0.25, 0.3) is 0 Å². The average molecular weight is 414 g/mol. The number of carbonyl (C=O) groups is 2. The largest absolute Gasteiger partial charge is 0.491 e. The standard InChI is InChI=1S/C23H27FN2O4/c1-16-7-9-19(10-8-16)30-15-20-14-26(11-12-29-20)23(28)22(25-17(2)27)13-18-5-3-4-6-21(18)24/h3-10,20,22H,11-15H2,1-2H3,(H,25,27). The molecule has 0 spiro atoms. The fourth-order valence-electron chi connectivity index (χ4n) is 3.39. The summed E-state index contributed by atoms with van der Waals surface area (Å²) >= 11 is 0. The number of carbonyl (C=O) groups excluding carboxylic acids is 2. The van der Waals surface area contributed by atoms with Crippen LogP contribution in [0.3, 0.4) is 0 Å². The topological polar surface area (TPSA) is 67.9 Å². The van der Waals surface area contributed by atoms with Crippen molar-refractivity contribution in [3.05, 3.63) is 65.5 Å². The Morgan fingerprint density at radius 1 is 1.23 bits per heavy atom. The summed E-state index contributed by atoms with van der Waals surface area (Å²) in [6, 6.07) is 13.1. The van der Waals surface area contributed by atoms with E-state index >= 15 is 0 Å². The fourth-order valence-corrected chi connectivity index (χ4v) is 3.39. The second kappa shape index (κ2) is 10.2. The molecule has 160 valence electrons. The number of halogens is 1. The van der Waals surface area contributed by atoms with E-state index in [-0.39, 0.29) is 24.3 Å². The summed E-state index contributed by atoms with van der Waals surface area (Å²) < 4.78 is 25.6. The van der Waals surface area contributed by atoms with E-state index in [1.165, 1.54) is 13.0 Å². The second-order valence-corrected chi connectivity index (χ2v) is 7.45. The molecule has 1 heterocycles. The van der Waals surface area contributed by atoms with E-state index in [0.29, 0.717) is 31.9 Å². The van der Waals surface area contributed by atoms with Crippen molar-refractivity contribution in [2.75, 3.05) is 26.3 Å². The van der Waals surface area contributed by atoms with Crippen LogP contribution in [0.1, 0.15) is 18.1 Å². The molecule has 1 saturated heterocycles. The number of rotatable bonds is 7. The molecule has 1 aliphatic rings. The van der Waals surface area contributed by atoms with Crippen molar-refractivity contribution in [3.8, 4) is 5.75 Å². The summed E-state index contributed by atoms with van der Waals surface area (Å²) in [4.78, 5) is 26.4. The van der Waals surface area contributed by atoms with Gasteiger partial charge < -0.3 is 19.7 Å². The fraction of sp³-hybridized carbons (Fsp3) is 0.391. The molecule has 0 aromatic heterocycles. The number of benzene rings is 2. The number of aryl methyl sites for hydroxylation is 1. The highest BCUT2D eigenvalue weighted by atomic mass is 19.1. The van der Waals surface area contributed by atoms with Gasteiger partial charge in [0.1, 0.15) is 30.3 Å². The molecule has 0 aliphatic carbocycles. The van der Waals surface area contributed by atoms with Crippen LogP contribution < -0.4 is 10.1 Å². The van der Waals surface area contributed by atoms with Gasteiger partial charge in [0.05, 0.1) is 13.2 Å². The first-order valence-corrected chi connectivity index (χ1v) is 10.0. The van der Waals surface area contributed by atoms with E-state index < -0.39 is 11.9 Å². The molecule has 1 N–H and O–H groups in total. The third-order valence-corrected chi connectivity index (χ3v) is 4.96. The number of ether oxygens (including phenoxy) is 2. The molecule has 2 unspecified atom stereocenters. The Hall–Kier alpha value is -2.93. The predicted octanol–water partition coefficient (Wildman–Crippen LogP) is 2.49. The maximum atomic E-state index is 14.1. The van der Waals surface area contributed by atoms with Crippen molar-refractivity contribution in [3.63, 3.8) is 0 Å². The van der Waals surface area contributed by atoms with Crippen LogP contribution in [0.5, 0.6) is 5.75 Å². The zero-order valence-electron chi connectivity index (χ0n) is 17.3. The van der Waals surface area contributed by atoms with Crippen molar-refractivity contribution < 1.29 is 23.5 Å². The SMILES string of the molecule is CC(=O)NC(Cc1ccccc1F)C(=O)N1CCOC(COc2ccc(C)cc2)C1. The maximum Gasteiger partial charge on any atom is 0.245 e. The van der Waals surface area contributed by atoms with E-state index in [4.69, 9.17) is 9.47 Å². The monoisotopic (exact) mass is 414 g/mol. The van der Waals surface area contributed by atoms with Crippen LogP contribution in [0, 0.1) is 12.7 Å². The van der Waals surface area contributed by atoms with Crippen molar-refractivity contribution in [2.45, 2.75) is 32.4 Å². The molecule has 2 amide bonds. The quantitative estimate of drug-likeness (QED) is 0.756. The van der Waals surface area contributed by atoms with Gasteiger partial charge in [-0.3, -0.25) is 9.59 Å². The Bertz CT molecular complexity index is 872. The maximum absolute atomic E-state index is 14.1. The Balaban J connectivity index is 1.62. The highest BCUT2D eigenvalue weighted by molar-refractivity contribution is 5.87. The van der Waals surface area contributed by atoms with Crippen LogP contribution in [-0.4, -0.2) is 55.2 Å². The minimum absolute atomic E-state index is 0.0903. The van der Waals surface area contributed by atoms with Gasteiger partial charge in [-0.05, 0) is 30.7 Å². The zero-order valence-corrected chi connectivity index (χ0v) is 17.3. The summed E-state index contributed by atoms with van der Waals surface area (Å²) in [5, 5.41) is 2.66. The van der Waals surface area contributed by atoms with Crippen LogP contribution in [-0.2, 0) is 20.7 Å². The summed E-state index contributed by atoms with van der Waals surface area (Å²) in [6.07, 6.45) is -0.192. The molecule has 1 aliphatic heterocycles. The number of nitrogens with one attached hydrogen (secondary N) is 1. The average Bonchev–Trinajstić information content (AvgIpc) is 2.74. The number of hydrogen-bond donors (Lipinski definition) is 1. The summed E-state index contributed by atoms with van der Waals surface area (Å²) in [5.74, 6) is -0.246. The number of amides is 2. The van der Waals surface area contributed by atoms with E-state index in [1.807, 2.05) is 31.2 Å².